The van der Waals surface area contributed by atoms with Crippen LogP contribution in [0.3, 0.4) is 0 Å². The van der Waals surface area contributed by atoms with Crippen molar-refractivity contribution in [2.75, 3.05) is 12.9 Å². The number of nitrogens with zero attached hydrogens (tertiary/aromatic N) is 1. The molecule has 3 rings (SSSR count). The van der Waals surface area contributed by atoms with Crippen molar-refractivity contribution in [3.8, 4) is 5.75 Å². The zero-order valence-corrected chi connectivity index (χ0v) is 20.2. The molecule has 0 aliphatic heterocycles. The number of amides is 2. The summed E-state index contributed by atoms with van der Waals surface area (Å²) in [5, 5.41) is 3.14. The molecule has 0 spiro atoms. The van der Waals surface area contributed by atoms with Gasteiger partial charge in [0.1, 0.15) is 17.6 Å². The zero-order chi connectivity index (χ0) is 23.6. The Morgan fingerprint density at radius 1 is 1.09 bits per heavy atom. The molecular formula is C26H33FN2O3S. The Balaban J connectivity index is 1.67. The second-order valence-electron chi connectivity index (χ2n) is 8.40. The van der Waals surface area contributed by atoms with Gasteiger partial charge >= 0.3 is 0 Å². The minimum Gasteiger partial charge on any atom is -0.497 e. The standard InChI is InChI=1S/C26H33FN2O3S/c1-3-24(26(31)28-22-6-4-5-7-22)29(16-19-8-12-21(27)13-9-19)25(30)18-33-17-20-10-14-23(32-2)15-11-20/h8-15,22,24H,3-7,16-18H2,1-2H3,(H,28,31)/t24-/m0/s1. The number of hydrogen-bond donors (Lipinski definition) is 1. The number of ether oxygens (including phenoxy) is 1. The van der Waals surface area contributed by atoms with Gasteiger partial charge in [-0.15, -0.1) is 11.8 Å². The fourth-order valence-corrected chi connectivity index (χ4v) is 5.01. The maximum Gasteiger partial charge on any atom is 0.243 e. The Morgan fingerprint density at radius 2 is 1.73 bits per heavy atom. The highest BCUT2D eigenvalue weighted by Gasteiger charge is 2.30. The summed E-state index contributed by atoms with van der Waals surface area (Å²) in [7, 11) is 1.63. The van der Waals surface area contributed by atoms with Gasteiger partial charge in [-0.2, -0.15) is 0 Å². The van der Waals surface area contributed by atoms with Crippen LogP contribution in [0.2, 0.25) is 0 Å². The van der Waals surface area contributed by atoms with Gasteiger partial charge in [0, 0.05) is 18.3 Å². The van der Waals surface area contributed by atoms with Crippen molar-refractivity contribution in [1.82, 2.24) is 10.2 Å². The van der Waals surface area contributed by atoms with Crippen LogP contribution in [0.1, 0.15) is 50.2 Å². The first-order chi connectivity index (χ1) is 16.0. The molecule has 1 saturated carbocycles. The van der Waals surface area contributed by atoms with Crippen LogP contribution in [0.15, 0.2) is 48.5 Å². The van der Waals surface area contributed by atoms with Crippen LogP contribution in [-0.2, 0) is 21.9 Å². The number of methoxy groups -OCH3 is 1. The predicted molar refractivity (Wildman–Crippen MR) is 131 cm³/mol. The Bertz CT molecular complexity index is 899. The second kappa shape index (κ2) is 12.6. The molecule has 0 unspecified atom stereocenters. The highest BCUT2D eigenvalue weighted by atomic mass is 32.2. The van der Waals surface area contributed by atoms with Crippen LogP contribution < -0.4 is 10.1 Å². The van der Waals surface area contributed by atoms with Crippen LogP contribution in [0.4, 0.5) is 4.39 Å². The van der Waals surface area contributed by atoms with Gasteiger partial charge in [0.2, 0.25) is 11.8 Å². The topological polar surface area (TPSA) is 58.6 Å². The molecule has 7 heteroatoms. The van der Waals surface area contributed by atoms with E-state index in [0.29, 0.717) is 12.2 Å². The smallest absolute Gasteiger partial charge is 0.243 e. The van der Waals surface area contributed by atoms with Crippen molar-refractivity contribution in [3.63, 3.8) is 0 Å². The number of thioether (sulfide) groups is 1. The van der Waals surface area contributed by atoms with E-state index in [0.717, 1.165) is 42.6 Å². The van der Waals surface area contributed by atoms with Crippen molar-refractivity contribution in [1.29, 1.82) is 0 Å². The molecule has 1 aliphatic rings. The van der Waals surface area contributed by atoms with E-state index >= 15 is 0 Å². The Hall–Kier alpha value is -2.54. The van der Waals surface area contributed by atoms with Gasteiger partial charge in [0.05, 0.1) is 12.9 Å². The van der Waals surface area contributed by atoms with Crippen LogP contribution >= 0.6 is 11.8 Å². The van der Waals surface area contributed by atoms with E-state index in [1.165, 1.54) is 23.9 Å². The molecular weight excluding hydrogens is 439 g/mol. The fourth-order valence-electron chi connectivity index (χ4n) is 4.13. The third-order valence-electron chi connectivity index (χ3n) is 6.01. The van der Waals surface area contributed by atoms with Crippen LogP contribution in [0.5, 0.6) is 5.75 Å². The molecule has 178 valence electrons. The Kier molecular flexibility index (Phi) is 9.61. The van der Waals surface area contributed by atoms with Crippen molar-refractivity contribution in [2.24, 2.45) is 0 Å². The fraction of sp³-hybridized carbons (Fsp3) is 0.462. The number of carbonyl (C=O) groups excluding carboxylic acids is 2. The molecule has 0 bridgehead atoms. The average Bonchev–Trinajstić information content (AvgIpc) is 3.33. The van der Waals surface area contributed by atoms with Crippen LogP contribution in [0.25, 0.3) is 0 Å². The van der Waals surface area contributed by atoms with E-state index in [1.54, 1.807) is 24.1 Å². The summed E-state index contributed by atoms with van der Waals surface area (Å²) in [6.45, 7) is 2.20. The summed E-state index contributed by atoms with van der Waals surface area (Å²) in [6.07, 6.45) is 4.76. The molecule has 0 aromatic heterocycles. The molecule has 2 aromatic carbocycles. The molecule has 0 heterocycles. The summed E-state index contributed by atoms with van der Waals surface area (Å²) >= 11 is 1.52. The van der Waals surface area contributed by atoms with Gasteiger partial charge < -0.3 is 15.0 Å². The van der Waals surface area contributed by atoms with E-state index in [2.05, 4.69) is 5.32 Å². The van der Waals surface area contributed by atoms with E-state index in [9.17, 15) is 14.0 Å². The van der Waals surface area contributed by atoms with E-state index in [-0.39, 0.29) is 36.0 Å². The third-order valence-corrected chi connectivity index (χ3v) is 7.00. The molecule has 1 fully saturated rings. The molecule has 1 N–H and O–H groups in total. The first-order valence-electron chi connectivity index (χ1n) is 11.5. The quantitative estimate of drug-likeness (QED) is 0.504. The lowest BCUT2D eigenvalue weighted by molar-refractivity contribution is -0.139. The normalized spacial score (nSPS) is 14.6. The number of hydrogen-bond acceptors (Lipinski definition) is 4. The lowest BCUT2D eigenvalue weighted by Gasteiger charge is -2.31. The van der Waals surface area contributed by atoms with Gasteiger partial charge in [-0.25, -0.2) is 4.39 Å². The first kappa shape index (κ1) is 25.1. The lowest BCUT2D eigenvalue weighted by Crippen LogP contribution is -2.51. The van der Waals surface area contributed by atoms with Crippen molar-refractivity contribution in [3.05, 3.63) is 65.5 Å². The predicted octanol–water partition coefficient (Wildman–Crippen LogP) is 4.93. The highest BCUT2D eigenvalue weighted by Crippen LogP contribution is 2.21. The van der Waals surface area contributed by atoms with Gasteiger partial charge in [0.15, 0.2) is 0 Å². The van der Waals surface area contributed by atoms with Gasteiger partial charge in [-0.1, -0.05) is 44.0 Å². The molecule has 0 saturated heterocycles. The first-order valence-corrected chi connectivity index (χ1v) is 12.7. The van der Waals surface area contributed by atoms with E-state index in [1.807, 2.05) is 31.2 Å². The summed E-state index contributed by atoms with van der Waals surface area (Å²) in [4.78, 5) is 28.0. The number of nitrogens with one attached hydrogen (secondary N) is 1. The van der Waals surface area contributed by atoms with E-state index < -0.39 is 6.04 Å². The maximum atomic E-state index is 13.4. The summed E-state index contributed by atoms with van der Waals surface area (Å²) in [5.74, 6) is 1.24. The van der Waals surface area contributed by atoms with Gasteiger partial charge in [-0.3, -0.25) is 9.59 Å². The monoisotopic (exact) mass is 472 g/mol. The zero-order valence-electron chi connectivity index (χ0n) is 19.4. The Morgan fingerprint density at radius 3 is 2.33 bits per heavy atom. The lowest BCUT2D eigenvalue weighted by atomic mass is 10.1. The number of halogens is 1. The SMILES string of the molecule is CC[C@@H](C(=O)NC1CCCC1)N(Cc1ccc(F)cc1)C(=O)CSCc1ccc(OC)cc1. The maximum absolute atomic E-state index is 13.4. The Labute approximate surface area is 200 Å². The molecule has 2 amide bonds. The largest absolute Gasteiger partial charge is 0.497 e. The minimum atomic E-state index is -0.551. The molecule has 33 heavy (non-hydrogen) atoms. The molecule has 5 nitrogen and oxygen atoms in total. The van der Waals surface area contributed by atoms with Gasteiger partial charge in [0.25, 0.3) is 0 Å². The summed E-state index contributed by atoms with van der Waals surface area (Å²) in [5.41, 5.74) is 1.90. The molecule has 1 aliphatic carbocycles. The molecule has 2 aromatic rings. The number of rotatable bonds is 11. The number of carbonyl (C=O) groups is 2. The third kappa shape index (κ3) is 7.49. The molecule has 1 atom stereocenters. The van der Waals surface area contributed by atoms with Gasteiger partial charge in [-0.05, 0) is 54.7 Å². The van der Waals surface area contributed by atoms with Crippen LogP contribution in [0, 0.1) is 5.82 Å². The molecule has 0 radical (unpaired) electrons. The van der Waals surface area contributed by atoms with Crippen molar-refractivity contribution < 1.29 is 18.7 Å². The number of benzene rings is 2. The van der Waals surface area contributed by atoms with Crippen molar-refractivity contribution >= 4 is 23.6 Å². The van der Waals surface area contributed by atoms with Crippen LogP contribution in [-0.4, -0.2) is 41.7 Å². The minimum absolute atomic E-state index is 0.0914. The van der Waals surface area contributed by atoms with E-state index in [4.69, 9.17) is 4.74 Å². The highest BCUT2D eigenvalue weighted by molar-refractivity contribution is 7.99. The van der Waals surface area contributed by atoms with Crippen molar-refractivity contribution in [2.45, 2.75) is 63.4 Å². The second-order valence-corrected chi connectivity index (χ2v) is 9.39. The summed E-state index contributed by atoms with van der Waals surface area (Å²) < 4.78 is 18.6. The average molecular weight is 473 g/mol. The summed E-state index contributed by atoms with van der Waals surface area (Å²) in [6, 6.07) is 13.5.